The quantitative estimate of drug-likeness (QED) is 0.808. The summed E-state index contributed by atoms with van der Waals surface area (Å²) in [7, 11) is 0. The number of rotatable bonds is 5. The van der Waals surface area contributed by atoms with E-state index in [1.165, 1.54) is 45.1 Å². The topological polar surface area (TPSA) is 21.3 Å². The highest BCUT2D eigenvalue weighted by Crippen LogP contribution is 2.40. The van der Waals surface area contributed by atoms with Crippen LogP contribution in [0.25, 0.3) is 0 Å². The van der Waals surface area contributed by atoms with Crippen molar-refractivity contribution in [3.63, 3.8) is 0 Å². The maximum atomic E-state index is 5.43. The van der Waals surface area contributed by atoms with Gasteiger partial charge in [0.15, 0.2) is 0 Å². The number of ether oxygens (including phenoxy) is 1. The molecule has 2 fully saturated rings. The Morgan fingerprint density at radius 1 is 1.11 bits per heavy atom. The third-order valence-corrected chi connectivity index (χ3v) is 5.46. The molecule has 2 aliphatic rings. The molecule has 0 bridgehead atoms. The van der Waals surface area contributed by atoms with E-state index in [0.29, 0.717) is 5.41 Å². The zero-order valence-electron chi connectivity index (χ0n) is 12.5. The molecule has 1 aliphatic carbocycles. The molecule has 106 valence electrons. The van der Waals surface area contributed by atoms with Gasteiger partial charge >= 0.3 is 0 Å². The number of hydrogen-bond acceptors (Lipinski definition) is 2. The van der Waals surface area contributed by atoms with Gasteiger partial charge in [0.1, 0.15) is 0 Å². The first-order valence-electron chi connectivity index (χ1n) is 7.93. The first-order chi connectivity index (χ1) is 8.62. The van der Waals surface area contributed by atoms with Gasteiger partial charge in [-0.05, 0) is 49.4 Å². The molecular formula is C16H31NO. The van der Waals surface area contributed by atoms with Crippen LogP contribution >= 0.6 is 0 Å². The van der Waals surface area contributed by atoms with Crippen LogP contribution in [0.1, 0.15) is 59.3 Å². The molecule has 1 saturated heterocycles. The molecule has 2 heteroatoms. The molecule has 18 heavy (non-hydrogen) atoms. The summed E-state index contributed by atoms with van der Waals surface area (Å²) >= 11 is 0. The monoisotopic (exact) mass is 253 g/mol. The van der Waals surface area contributed by atoms with Gasteiger partial charge in [0.05, 0.1) is 6.61 Å². The smallest absolute Gasteiger partial charge is 0.0507 e. The molecule has 0 aromatic heterocycles. The predicted octanol–water partition coefficient (Wildman–Crippen LogP) is 3.61. The Kier molecular flexibility index (Phi) is 5.08. The maximum absolute atomic E-state index is 5.43. The van der Waals surface area contributed by atoms with Gasteiger partial charge in [0.2, 0.25) is 0 Å². The van der Waals surface area contributed by atoms with Crippen LogP contribution in [0.4, 0.5) is 0 Å². The summed E-state index contributed by atoms with van der Waals surface area (Å²) in [6, 6.07) is 0.773. The van der Waals surface area contributed by atoms with E-state index < -0.39 is 0 Å². The fourth-order valence-corrected chi connectivity index (χ4v) is 3.45. The van der Waals surface area contributed by atoms with Crippen LogP contribution in [0.15, 0.2) is 0 Å². The van der Waals surface area contributed by atoms with Crippen molar-refractivity contribution in [3.8, 4) is 0 Å². The minimum atomic E-state index is 0.546. The van der Waals surface area contributed by atoms with Crippen LogP contribution in [0.5, 0.6) is 0 Å². The lowest BCUT2D eigenvalue weighted by molar-refractivity contribution is 0.135. The summed E-state index contributed by atoms with van der Waals surface area (Å²) in [5.41, 5.74) is 0.546. The fraction of sp³-hybridized carbons (Fsp3) is 1.00. The van der Waals surface area contributed by atoms with Gasteiger partial charge in [0, 0.05) is 19.2 Å². The molecular weight excluding hydrogens is 222 g/mol. The Hall–Kier alpha value is -0.0800. The second-order valence-corrected chi connectivity index (χ2v) is 7.03. The van der Waals surface area contributed by atoms with Gasteiger partial charge in [-0.3, -0.25) is 0 Å². The molecule has 0 aromatic rings. The highest BCUT2D eigenvalue weighted by Gasteiger charge is 2.31. The van der Waals surface area contributed by atoms with Crippen molar-refractivity contribution < 1.29 is 4.74 Å². The highest BCUT2D eigenvalue weighted by molar-refractivity contribution is 4.85. The second kappa shape index (κ2) is 6.38. The van der Waals surface area contributed by atoms with Crippen molar-refractivity contribution in [3.05, 3.63) is 0 Å². The largest absolute Gasteiger partial charge is 0.381 e. The zero-order valence-corrected chi connectivity index (χ0v) is 12.5. The first kappa shape index (κ1) is 14.3. The molecule has 1 saturated carbocycles. The number of nitrogens with one attached hydrogen (secondary N) is 1. The minimum absolute atomic E-state index is 0.546. The molecule has 2 rings (SSSR count). The van der Waals surface area contributed by atoms with Crippen molar-refractivity contribution in [1.82, 2.24) is 5.32 Å². The van der Waals surface area contributed by atoms with Crippen molar-refractivity contribution in [2.45, 2.75) is 65.3 Å². The van der Waals surface area contributed by atoms with Crippen LogP contribution in [0.2, 0.25) is 0 Å². The minimum Gasteiger partial charge on any atom is -0.381 e. The van der Waals surface area contributed by atoms with Crippen molar-refractivity contribution >= 4 is 0 Å². The standard InChI is InChI=1S/C16H31NO/c1-4-16(2,3)14-5-7-15(8-6-14)17-11-13-9-10-18-12-13/h13-15,17H,4-12H2,1-3H3. The van der Waals surface area contributed by atoms with E-state index in [4.69, 9.17) is 4.74 Å². The molecule has 0 amide bonds. The lowest BCUT2D eigenvalue weighted by atomic mass is 9.69. The highest BCUT2D eigenvalue weighted by atomic mass is 16.5. The summed E-state index contributed by atoms with van der Waals surface area (Å²) in [5.74, 6) is 1.71. The van der Waals surface area contributed by atoms with E-state index in [-0.39, 0.29) is 0 Å². The predicted molar refractivity (Wildman–Crippen MR) is 76.7 cm³/mol. The third-order valence-electron chi connectivity index (χ3n) is 5.46. The molecule has 1 atom stereocenters. The second-order valence-electron chi connectivity index (χ2n) is 7.03. The van der Waals surface area contributed by atoms with Crippen molar-refractivity contribution in [1.29, 1.82) is 0 Å². The summed E-state index contributed by atoms with van der Waals surface area (Å²) < 4.78 is 5.43. The van der Waals surface area contributed by atoms with Crippen molar-refractivity contribution in [2.75, 3.05) is 19.8 Å². The van der Waals surface area contributed by atoms with Crippen LogP contribution in [-0.2, 0) is 4.74 Å². The van der Waals surface area contributed by atoms with E-state index in [0.717, 1.165) is 31.1 Å². The molecule has 1 unspecified atom stereocenters. The Labute approximate surface area is 113 Å². The van der Waals surface area contributed by atoms with E-state index in [1.54, 1.807) is 0 Å². The van der Waals surface area contributed by atoms with Crippen LogP contribution in [0, 0.1) is 17.3 Å². The summed E-state index contributed by atoms with van der Waals surface area (Å²) in [5, 5.41) is 3.77. The van der Waals surface area contributed by atoms with Gasteiger partial charge < -0.3 is 10.1 Å². The van der Waals surface area contributed by atoms with E-state index in [9.17, 15) is 0 Å². The van der Waals surface area contributed by atoms with Crippen LogP contribution in [0.3, 0.4) is 0 Å². The average Bonchev–Trinajstić information content (AvgIpc) is 2.90. The molecule has 1 heterocycles. The van der Waals surface area contributed by atoms with Gasteiger partial charge in [0.25, 0.3) is 0 Å². The zero-order chi connectivity index (χ0) is 13.0. The lowest BCUT2D eigenvalue weighted by Crippen LogP contribution is -2.39. The summed E-state index contributed by atoms with van der Waals surface area (Å²) in [4.78, 5) is 0. The van der Waals surface area contributed by atoms with E-state index in [1.807, 2.05) is 0 Å². The average molecular weight is 253 g/mol. The molecule has 1 aliphatic heterocycles. The summed E-state index contributed by atoms with van der Waals surface area (Å²) in [6.45, 7) is 10.4. The van der Waals surface area contributed by atoms with E-state index >= 15 is 0 Å². The molecule has 0 aromatic carbocycles. The summed E-state index contributed by atoms with van der Waals surface area (Å²) in [6.07, 6.45) is 8.16. The molecule has 0 spiro atoms. The van der Waals surface area contributed by atoms with Gasteiger partial charge in [-0.15, -0.1) is 0 Å². The molecule has 0 radical (unpaired) electrons. The molecule has 2 nitrogen and oxygen atoms in total. The van der Waals surface area contributed by atoms with Crippen LogP contribution in [-0.4, -0.2) is 25.8 Å². The Bertz CT molecular complexity index is 237. The third kappa shape index (κ3) is 3.71. The Balaban J connectivity index is 1.66. The molecule has 1 N–H and O–H groups in total. The lowest BCUT2D eigenvalue weighted by Gasteiger charge is -2.39. The Morgan fingerprint density at radius 3 is 2.39 bits per heavy atom. The van der Waals surface area contributed by atoms with Gasteiger partial charge in [-0.25, -0.2) is 0 Å². The Morgan fingerprint density at radius 2 is 1.83 bits per heavy atom. The first-order valence-corrected chi connectivity index (χ1v) is 7.93. The van der Waals surface area contributed by atoms with E-state index in [2.05, 4.69) is 26.1 Å². The maximum Gasteiger partial charge on any atom is 0.0507 e. The number of hydrogen-bond donors (Lipinski definition) is 1. The normalized spacial score (nSPS) is 33.8. The van der Waals surface area contributed by atoms with Gasteiger partial charge in [-0.2, -0.15) is 0 Å². The van der Waals surface area contributed by atoms with Gasteiger partial charge in [-0.1, -0.05) is 27.2 Å². The van der Waals surface area contributed by atoms with Crippen molar-refractivity contribution in [2.24, 2.45) is 17.3 Å². The fourth-order valence-electron chi connectivity index (χ4n) is 3.45. The van der Waals surface area contributed by atoms with Crippen LogP contribution < -0.4 is 5.32 Å². The SMILES string of the molecule is CCC(C)(C)C1CCC(NCC2CCOC2)CC1.